The Morgan fingerprint density at radius 3 is 2.61 bits per heavy atom. The van der Waals surface area contributed by atoms with Gasteiger partial charge in [-0.05, 0) is 19.1 Å². The van der Waals surface area contributed by atoms with Crippen LogP contribution in [-0.4, -0.2) is 32.9 Å². The number of thiophene rings is 1. The highest BCUT2D eigenvalue weighted by Crippen LogP contribution is 2.20. The molecule has 1 aliphatic rings. The van der Waals surface area contributed by atoms with Crippen molar-refractivity contribution in [1.82, 2.24) is 15.4 Å². The quantitative estimate of drug-likeness (QED) is 0.652. The Labute approximate surface area is 108 Å². The number of carbonyl (C=O) groups excluding carboxylic acids is 2. The minimum Gasteiger partial charge on any atom is -0.325 e. The SMILES string of the molecule is Cc1ccc(S(=O)(=O)NCC2NC(=O)NC2=O)s1. The summed E-state index contributed by atoms with van der Waals surface area (Å²) >= 11 is 1.14. The Bertz CT molecular complexity index is 593. The number of amides is 3. The molecular weight excluding hydrogens is 278 g/mol. The smallest absolute Gasteiger partial charge is 0.322 e. The van der Waals surface area contributed by atoms with E-state index in [9.17, 15) is 18.0 Å². The second-order valence-corrected chi connectivity index (χ2v) is 7.01. The molecule has 9 heteroatoms. The first-order valence-electron chi connectivity index (χ1n) is 5.06. The second kappa shape index (κ2) is 4.67. The maximum Gasteiger partial charge on any atom is 0.322 e. The van der Waals surface area contributed by atoms with Gasteiger partial charge >= 0.3 is 6.03 Å². The van der Waals surface area contributed by atoms with Crippen molar-refractivity contribution in [2.24, 2.45) is 0 Å². The highest BCUT2D eigenvalue weighted by atomic mass is 32.2. The molecule has 2 heterocycles. The highest BCUT2D eigenvalue weighted by molar-refractivity contribution is 7.91. The average Bonchev–Trinajstić information content (AvgIpc) is 2.83. The first kappa shape index (κ1) is 13.0. The van der Waals surface area contributed by atoms with E-state index in [1.165, 1.54) is 6.07 Å². The molecule has 2 rings (SSSR count). The van der Waals surface area contributed by atoms with Gasteiger partial charge in [-0.25, -0.2) is 17.9 Å². The van der Waals surface area contributed by atoms with Crippen LogP contribution >= 0.6 is 11.3 Å². The van der Waals surface area contributed by atoms with E-state index in [1.54, 1.807) is 13.0 Å². The van der Waals surface area contributed by atoms with Gasteiger partial charge in [-0.15, -0.1) is 11.3 Å². The van der Waals surface area contributed by atoms with Crippen LogP contribution in [0.1, 0.15) is 4.88 Å². The summed E-state index contributed by atoms with van der Waals surface area (Å²) in [6.07, 6.45) is 0. The van der Waals surface area contributed by atoms with E-state index in [1.807, 2.05) is 5.32 Å². The van der Waals surface area contributed by atoms with Gasteiger partial charge < -0.3 is 5.32 Å². The third kappa shape index (κ3) is 2.68. The fraction of sp³-hybridized carbons (Fsp3) is 0.333. The molecule has 0 saturated carbocycles. The predicted molar refractivity (Wildman–Crippen MR) is 64.7 cm³/mol. The topological polar surface area (TPSA) is 104 Å². The zero-order valence-electron chi connectivity index (χ0n) is 9.39. The van der Waals surface area contributed by atoms with Crippen molar-refractivity contribution < 1.29 is 18.0 Å². The summed E-state index contributed by atoms with van der Waals surface area (Å²) in [5.74, 6) is -0.537. The zero-order chi connectivity index (χ0) is 13.3. The highest BCUT2D eigenvalue weighted by Gasteiger charge is 2.30. The maximum atomic E-state index is 11.8. The van der Waals surface area contributed by atoms with Crippen molar-refractivity contribution >= 4 is 33.3 Å². The lowest BCUT2D eigenvalue weighted by molar-refractivity contribution is -0.120. The minimum atomic E-state index is -3.63. The van der Waals surface area contributed by atoms with Crippen LogP contribution in [0.15, 0.2) is 16.3 Å². The lowest BCUT2D eigenvalue weighted by Crippen LogP contribution is -2.41. The Balaban J connectivity index is 2.02. The van der Waals surface area contributed by atoms with Gasteiger partial charge in [0.25, 0.3) is 5.91 Å². The van der Waals surface area contributed by atoms with E-state index in [4.69, 9.17) is 0 Å². The third-order valence-electron chi connectivity index (χ3n) is 2.32. The van der Waals surface area contributed by atoms with Crippen LogP contribution in [-0.2, 0) is 14.8 Å². The van der Waals surface area contributed by atoms with Crippen LogP contribution in [0.3, 0.4) is 0 Å². The van der Waals surface area contributed by atoms with E-state index in [0.717, 1.165) is 16.2 Å². The summed E-state index contributed by atoms with van der Waals surface area (Å²) in [6.45, 7) is 1.63. The zero-order valence-corrected chi connectivity index (χ0v) is 11.0. The number of hydrogen-bond donors (Lipinski definition) is 3. The lowest BCUT2D eigenvalue weighted by Gasteiger charge is -2.08. The molecule has 1 fully saturated rings. The van der Waals surface area contributed by atoms with Crippen molar-refractivity contribution in [2.75, 3.05) is 6.54 Å². The monoisotopic (exact) mass is 289 g/mol. The van der Waals surface area contributed by atoms with E-state index in [0.29, 0.717) is 0 Å². The van der Waals surface area contributed by atoms with Crippen LogP contribution in [0.25, 0.3) is 0 Å². The molecule has 0 aromatic carbocycles. The predicted octanol–water partition coefficient (Wildman–Crippen LogP) is -0.457. The average molecular weight is 289 g/mol. The summed E-state index contributed by atoms with van der Waals surface area (Å²) in [6, 6.07) is 1.71. The third-order valence-corrected chi connectivity index (χ3v) is 5.23. The van der Waals surface area contributed by atoms with Crippen LogP contribution in [0.4, 0.5) is 4.79 Å². The molecule has 98 valence electrons. The van der Waals surface area contributed by atoms with Crippen molar-refractivity contribution in [3.05, 3.63) is 17.0 Å². The molecule has 0 radical (unpaired) electrons. The molecular formula is C9H11N3O4S2. The number of sulfonamides is 1. The van der Waals surface area contributed by atoms with E-state index < -0.39 is 28.0 Å². The molecule has 1 aliphatic heterocycles. The fourth-order valence-corrected chi connectivity index (χ4v) is 3.80. The van der Waals surface area contributed by atoms with Gasteiger partial charge in [-0.3, -0.25) is 10.1 Å². The number of nitrogens with one attached hydrogen (secondary N) is 3. The van der Waals surface area contributed by atoms with Crippen molar-refractivity contribution in [3.63, 3.8) is 0 Å². The summed E-state index contributed by atoms with van der Waals surface area (Å²) in [4.78, 5) is 22.9. The first-order valence-corrected chi connectivity index (χ1v) is 7.36. The molecule has 18 heavy (non-hydrogen) atoms. The number of urea groups is 1. The number of rotatable bonds is 4. The van der Waals surface area contributed by atoms with Crippen LogP contribution in [0, 0.1) is 6.92 Å². The van der Waals surface area contributed by atoms with Gasteiger partial charge in [-0.2, -0.15) is 0 Å². The van der Waals surface area contributed by atoms with Crippen LogP contribution < -0.4 is 15.4 Å². The second-order valence-electron chi connectivity index (χ2n) is 3.73. The van der Waals surface area contributed by atoms with Crippen LogP contribution in [0.2, 0.25) is 0 Å². The molecule has 0 bridgehead atoms. The Morgan fingerprint density at radius 1 is 1.39 bits per heavy atom. The Morgan fingerprint density at radius 2 is 2.11 bits per heavy atom. The molecule has 0 spiro atoms. The van der Waals surface area contributed by atoms with Gasteiger partial charge in [0.2, 0.25) is 10.0 Å². The molecule has 7 nitrogen and oxygen atoms in total. The van der Waals surface area contributed by atoms with E-state index in [2.05, 4.69) is 10.0 Å². The lowest BCUT2D eigenvalue weighted by atomic mass is 10.3. The van der Waals surface area contributed by atoms with Crippen molar-refractivity contribution in [3.8, 4) is 0 Å². The van der Waals surface area contributed by atoms with Gasteiger partial charge in [0.1, 0.15) is 10.3 Å². The van der Waals surface area contributed by atoms with Gasteiger partial charge in [0, 0.05) is 11.4 Å². The Kier molecular flexibility index (Phi) is 3.37. The van der Waals surface area contributed by atoms with Gasteiger partial charge in [0.15, 0.2) is 0 Å². The van der Waals surface area contributed by atoms with Gasteiger partial charge in [0.05, 0.1) is 0 Å². The number of hydrogen-bond acceptors (Lipinski definition) is 5. The summed E-state index contributed by atoms with van der Waals surface area (Å²) in [5, 5.41) is 4.34. The maximum absolute atomic E-state index is 11.8. The number of carbonyl (C=O) groups is 2. The molecule has 1 saturated heterocycles. The van der Waals surface area contributed by atoms with E-state index in [-0.39, 0.29) is 10.8 Å². The molecule has 3 N–H and O–H groups in total. The number of aryl methyl sites for hydroxylation is 1. The van der Waals surface area contributed by atoms with Gasteiger partial charge in [-0.1, -0.05) is 0 Å². The molecule has 1 unspecified atom stereocenters. The van der Waals surface area contributed by atoms with Crippen molar-refractivity contribution in [1.29, 1.82) is 0 Å². The molecule has 1 aromatic rings. The normalized spacial score (nSPS) is 19.7. The summed E-state index contributed by atoms with van der Waals surface area (Å²) in [7, 11) is -3.63. The molecule has 1 atom stereocenters. The molecule has 0 aliphatic carbocycles. The largest absolute Gasteiger partial charge is 0.325 e. The fourth-order valence-electron chi connectivity index (χ4n) is 1.42. The van der Waals surface area contributed by atoms with Crippen molar-refractivity contribution in [2.45, 2.75) is 17.2 Å². The Hall–Kier alpha value is -1.45. The van der Waals surface area contributed by atoms with Crippen LogP contribution in [0.5, 0.6) is 0 Å². The summed E-state index contributed by atoms with van der Waals surface area (Å²) in [5.41, 5.74) is 0. The minimum absolute atomic E-state index is 0.170. The first-order chi connectivity index (χ1) is 8.38. The molecule has 1 aromatic heterocycles. The number of imide groups is 1. The molecule has 3 amide bonds. The standard InChI is InChI=1S/C9H11N3O4S2/c1-5-2-3-7(17-5)18(15,16)10-4-6-8(13)12-9(14)11-6/h2-3,6,10H,4H2,1H3,(H2,11,12,13,14). The summed E-state index contributed by atoms with van der Waals surface area (Å²) < 4.78 is 26.2. The van der Waals surface area contributed by atoms with E-state index >= 15 is 0 Å².